The van der Waals surface area contributed by atoms with Crippen molar-refractivity contribution in [3.8, 4) is 5.75 Å². The maximum Gasteiger partial charge on any atom is 0.258 e. The Labute approximate surface area is 217 Å². The number of hydrogen-bond acceptors (Lipinski definition) is 7. The molecule has 2 aliphatic rings. The molecule has 0 spiro atoms. The van der Waals surface area contributed by atoms with Crippen molar-refractivity contribution >= 4 is 51.5 Å². The van der Waals surface area contributed by atoms with E-state index in [1.54, 1.807) is 18.2 Å². The molecule has 10 heteroatoms. The number of pyridine rings is 1. The van der Waals surface area contributed by atoms with Crippen LogP contribution in [0.3, 0.4) is 0 Å². The second-order valence-corrected chi connectivity index (χ2v) is 10.1. The first kappa shape index (κ1) is 23.1. The third-order valence-electron chi connectivity index (χ3n) is 6.77. The molecule has 1 fully saturated rings. The van der Waals surface area contributed by atoms with Crippen LogP contribution in [-0.4, -0.2) is 27.6 Å². The molecule has 184 valence electrons. The van der Waals surface area contributed by atoms with Crippen LogP contribution in [0.2, 0.25) is 10.0 Å². The zero-order valence-corrected chi connectivity index (χ0v) is 20.7. The van der Waals surface area contributed by atoms with Gasteiger partial charge in [0.05, 0.1) is 17.7 Å². The molecular formula is C26H23Cl2N5O3. The van der Waals surface area contributed by atoms with Crippen LogP contribution in [0.25, 0.3) is 10.9 Å². The van der Waals surface area contributed by atoms with Crippen molar-refractivity contribution in [2.75, 3.05) is 17.2 Å². The van der Waals surface area contributed by atoms with E-state index in [2.05, 4.69) is 25.8 Å². The Bertz CT molecular complexity index is 1430. The molecule has 2 aromatic heterocycles. The Hall–Kier alpha value is -3.36. The fraction of sp³-hybridized carbons (Fsp3) is 0.308. The van der Waals surface area contributed by atoms with Gasteiger partial charge in [0, 0.05) is 27.3 Å². The van der Waals surface area contributed by atoms with Crippen LogP contribution >= 0.6 is 23.2 Å². The van der Waals surface area contributed by atoms with Gasteiger partial charge >= 0.3 is 0 Å². The van der Waals surface area contributed by atoms with Gasteiger partial charge in [-0.05, 0) is 74.2 Å². The standard InChI is InChI=1S/C26H23Cl2N5O3/c27-17-6-8-19-16(11-17)5-10-23(30-19)31-24(34)14-1-3-15(4-2-14)25-32-33-26(36-25)22-13-29-20-12-18(28)7-9-21(20)35-22/h5-12,14-15,22,29H,1-4,13H2,(H,30,31,34)/t14?,15?,22-/m0/s1. The second-order valence-electron chi connectivity index (χ2n) is 9.18. The van der Waals surface area contributed by atoms with Gasteiger partial charge in [0.2, 0.25) is 11.8 Å². The van der Waals surface area contributed by atoms with E-state index >= 15 is 0 Å². The summed E-state index contributed by atoms with van der Waals surface area (Å²) >= 11 is 12.1. The zero-order chi connectivity index (χ0) is 24.6. The molecule has 36 heavy (non-hydrogen) atoms. The highest BCUT2D eigenvalue weighted by molar-refractivity contribution is 6.31. The molecule has 0 unspecified atom stereocenters. The first-order valence-electron chi connectivity index (χ1n) is 11.9. The summed E-state index contributed by atoms with van der Waals surface area (Å²) in [6, 6.07) is 14.6. The number of fused-ring (bicyclic) bond motifs is 2. The number of anilines is 2. The van der Waals surface area contributed by atoms with Crippen molar-refractivity contribution < 1.29 is 13.9 Å². The molecular weight excluding hydrogens is 501 g/mol. The van der Waals surface area contributed by atoms with E-state index in [-0.39, 0.29) is 23.8 Å². The Morgan fingerprint density at radius 2 is 1.72 bits per heavy atom. The van der Waals surface area contributed by atoms with Crippen LogP contribution in [0.5, 0.6) is 5.75 Å². The summed E-state index contributed by atoms with van der Waals surface area (Å²) in [5.74, 6) is 2.32. The highest BCUT2D eigenvalue weighted by Gasteiger charge is 2.32. The molecule has 1 amide bonds. The SMILES string of the molecule is O=C(Nc1ccc2cc(Cl)ccc2n1)C1CCC(c2nnc([C@@H]3CNc4cc(Cl)ccc4O3)o2)CC1. The Morgan fingerprint density at radius 1 is 0.944 bits per heavy atom. The molecule has 0 radical (unpaired) electrons. The Morgan fingerprint density at radius 3 is 2.58 bits per heavy atom. The van der Waals surface area contributed by atoms with Gasteiger partial charge in [0.1, 0.15) is 11.6 Å². The second kappa shape index (κ2) is 9.59. The van der Waals surface area contributed by atoms with Crippen LogP contribution in [-0.2, 0) is 4.79 Å². The summed E-state index contributed by atoms with van der Waals surface area (Å²) in [6.07, 6.45) is 2.72. The van der Waals surface area contributed by atoms with Crippen molar-refractivity contribution in [3.05, 3.63) is 70.4 Å². The molecule has 4 aromatic rings. The molecule has 0 saturated heterocycles. The first-order chi connectivity index (χ1) is 17.5. The fourth-order valence-corrected chi connectivity index (χ4v) is 5.17. The predicted molar refractivity (Wildman–Crippen MR) is 138 cm³/mol. The van der Waals surface area contributed by atoms with Gasteiger partial charge < -0.3 is 19.8 Å². The van der Waals surface area contributed by atoms with Gasteiger partial charge in [0.15, 0.2) is 6.10 Å². The quantitative estimate of drug-likeness (QED) is 0.319. The highest BCUT2D eigenvalue weighted by Crippen LogP contribution is 2.38. The smallest absolute Gasteiger partial charge is 0.258 e. The van der Waals surface area contributed by atoms with Crippen LogP contribution < -0.4 is 15.4 Å². The minimum atomic E-state index is -0.368. The summed E-state index contributed by atoms with van der Waals surface area (Å²) in [5, 5.41) is 17.0. The van der Waals surface area contributed by atoms with E-state index in [0.29, 0.717) is 39.9 Å². The molecule has 0 bridgehead atoms. The number of carbonyl (C=O) groups excluding carboxylic acids is 1. The monoisotopic (exact) mass is 523 g/mol. The molecule has 1 atom stereocenters. The lowest BCUT2D eigenvalue weighted by Gasteiger charge is -2.26. The minimum absolute atomic E-state index is 0.0130. The number of benzene rings is 2. The average Bonchev–Trinajstić information content (AvgIpc) is 3.39. The van der Waals surface area contributed by atoms with Crippen molar-refractivity contribution in [3.63, 3.8) is 0 Å². The molecule has 8 nitrogen and oxygen atoms in total. The number of aromatic nitrogens is 3. The number of ether oxygens (including phenoxy) is 1. The molecule has 1 aliphatic heterocycles. The lowest BCUT2D eigenvalue weighted by Crippen LogP contribution is -2.27. The zero-order valence-electron chi connectivity index (χ0n) is 19.2. The Balaban J connectivity index is 1.05. The number of amides is 1. The van der Waals surface area contributed by atoms with Gasteiger partial charge in [-0.2, -0.15) is 0 Å². The van der Waals surface area contributed by atoms with Gasteiger partial charge in [0.25, 0.3) is 5.89 Å². The number of carbonyl (C=O) groups is 1. The molecule has 1 aliphatic carbocycles. The predicted octanol–water partition coefficient (Wildman–Crippen LogP) is 6.38. The van der Waals surface area contributed by atoms with Crippen LogP contribution in [0.4, 0.5) is 11.5 Å². The van der Waals surface area contributed by atoms with E-state index in [1.165, 1.54) is 0 Å². The summed E-state index contributed by atoms with van der Waals surface area (Å²) < 4.78 is 12.0. The highest BCUT2D eigenvalue weighted by atomic mass is 35.5. The number of hydrogen-bond donors (Lipinski definition) is 2. The van der Waals surface area contributed by atoms with Crippen molar-refractivity contribution in [1.29, 1.82) is 0 Å². The van der Waals surface area contributed by atoms with E-state index in [4.69, 9.17) is 32.4 Å². The number of nitrogens with zero attached hydrogens (tertiary/aromatic N) is 3. The van der Waals surface area contributed by atoms with Gasteiger partial charge in [-0.15, -0.1) is 10.2 Å². The average molecular weight is 524 g/mol. The minimum Gasteiger partial charge on any atom is -0.477 e. The van der Waals surface area contributed by atoms with Crippen molar-refractivity contribution in [2.24, 2.45) is 5.92 Å². The fourth-order valence-electron chi connectivity index (χ4n) is 4.82. The lowest BCUT2D eigenvalue weighted by molar-refractivity contribution is -0.120. The lowest BCUT2D eigenvalue weighted by atomic mass is 9.81. The largest absolute Gasteiger partial charge is 0.477 e. The van der Waals surface area contributed by atoms with Gasteiger partial charge in [-0.25, -0.2) is 4.98 Å². The van der Waals surface area contributed by atoms with Crippen LogP contribution in [0, 0.1) is 5.92 Å². The number of halogens is 2. The first-order valence-corrected chi connectivity index (χ1v) is 12.7. The Kier molecular flexibility index (Phi) is 6.15. The summed E-state index contributed by atoms with van der Waals surface area (Å²) in [4.78, 5) is 17.4. The molecule has 3 heterocycles. The maximum atomic E-state index is 12.9. The summed E-state index contributed by atoms with van der Waals surface area (Å²) in [6.45, 7) is 0.512. The van der Waals surface area contributed by atoms with Crippen molar-refractivity contribution in [1.82, 2.24) is 15.2 Å². The molecule has 6 rings (SSSR count). The van der Waals surface area contributed by atoms with Crippen LogP contribution in [0.15, 0.2) is 52.9 Å². The third kappa shape index (κ3) is 4.70. The normalized spacial score (nSPS) is 21.3. The molecule has 1 saturated carbocycles. The van der Waals surface area contributed by atoms with Crippen LogP contribution in [0.1, 0.15) is 49.5 Å². The van der Waals surface area contributed by atoms with Crippen molar-refractivity contribution in [2.45, 2.75) is 37.7 Å². The number of nitrogens with one attached hydrogen (secondary N) is 2. The molecule has 2 aromatic carbocycles. The van der Waals surface area contributed by atoms with Gasteiger partial charge in [-0.3, -0.25) is 4.79 Å². The van der Waals surface area contributed by atoms with E-state index in [9.17, 15) is 4.79 Å². The number of rotatable bonds is 4. The third-order valence-corrected chi connectivity index (χ3v) is 7.24. The van der Waals surface area contributed by atoms with E-state index in [1.807, 2.05) is 30.3 Å². The molecule has 2 N–H and O–H groups in total. The van der Waals surface area contributed by atoms with Gasteiger partial charge in [-0.1, -0.05) is 23.2 Å². The van der Waals surface area contributed by atoms with E-state index < -0.39 is 0 Å². The summed E-state index contributed by atoms with van der Waals surface area (Å²) in [7, 11) is 0. The topological polar surface area (TPSA) is 102 Å². The van der Waals surface area contributed by atoms with E-state index in [0.717, 1.165) is 42.3 Å². The maximum absolute atomic E-state index is 12.9. The summed E-state index contributed by atoms with van der Waals surface area (Å²) in [5.41, 5.74) is 1.64.